The van der Waals surface area contributed by atoms with E-state index in [4.69, 9.17) is 14.9 Å². The van der Waals surface area contributed by atoms with Crippen LogP contribution in [-0.2, 0) is 4.74 Å². The number of aromatic carboxylic acids is 1. The number of rotatable bonds is 3. The molecule has 0 amide bonds. The first-order valence-electron chi connectivity index (χ1n) is 5.81. The van der Waals surface area contributed by atoms with Gasteiger partial charge in [-0.1, -0.05) is 0 Å². The van der Waals surface area contributed by atoms with Crippen LogP contribution in [0.1, 0.15) is 16.7 Å². The van der Waals surface area contributed by atoms with Gasteiger partial charge in [-0.2, -0.15) is 0 Å². The fourth-order valence-corrected chi connectivity index (χ4v) is 2.94. The summed E-state index contributed by atoms with van der Waals surface area (Å²) in [5.74, 6) is -0.649. The van der Waals surface area contributed by atoms with Gasteiger partial charge in [0, 0.05) is 18.1 Å². The van der Waals surface area contributed by atoms with E-state index >= 15 is 0 Å². The van der Waals surface area contributed by atoms with E-state index in [2.05, 4.69) is 4.98 Å². The maximum Gasteiger partial charge on any atom is 0.356 e. The van der Waals surface area contributed by atoms with E-state index in [0.29, 0.717) is 5.75 Å². The average molecular weight is 297 g/mol. The van der Waals surface area contributed by atoms with E-state index in [1.54, 1.807) is 6.07 Å². The fraction of sp³-hybridized carbons (Fsp3) is 0.364. The number of aromatic nitrogens is 3. The molecule has 0 aromatic carbocycles. The van der Waals surface area contributed by atoms with Crippen LogP contribution in [0.3, 0.4) is 0 Å². The number of carboxylic acids is 1. The van der Waals surface area contributed by atoms with Crippen LogP contribution in [-0.4, -0.2) is 47.9 Å². The van der Waals surface area contributed by atoms with Gasteiger partial charge in [-0.05, 0) is 6.07 Å². The molecular formula is C11H11N3O5S. The van der Waals surface area contributed by atoms with Crippen LogP contribution in [0.4, 0.5) is 0 Å². The SMILES string of the molecule is O=C(O)c1cn2c(=O)n([C@@H]3CS[C@H](CO)O3)ccc2n1. The number of aliphatic hydroxyl groups excluding tert-OH is 1. The topological polar surface area (TPSA) is 106 Å². The van der Waals surface area contributed by atoms with Crippen molar-refractivity contribution in [3.8, 4) is 0 Å². The number of thioether (sulfide) groups is 1. The Morgan fingerprint density at radius 3 is 3.05 bits per heavy atom. The van der Waals surface area contributed by atoms with Crippen molar-refractivity contribution in [3.05, 3.63) is 34.6 Å². The molecule has 0 radical (unpaired) electrons. The van der Waals surface area contributed by atoms with Gasteiger partial charge in [0.1, 0.15) is 17.3 Å². The lowest BCUT2D eigenvalue weighted by Gasteiger charge is -2.13. The number of hydrogen-bond acceptors (Lipinski definition) is 6. The number of aliphatic hydroxyl groups is 1. The molecule has 1 saturated heterocycles. The molecule has 1 fully saturated rings. The Morgan fingerprint density at radius 1 is 1.60 bits per heavy atom. The smallest absolute Gasteiger partial charge is 0.356 e. The third-order valence-electron chi connectivity index (χ3n) is 2.96. The predicted molar refractivity (Wildman–Crippen MR) is 69.9 cm³/mol. The van der Waals surface area contributed by atoms with Crippen LogP contribution in [0.5, 0.6) is 0 Å². The standard InChI is InChI=1S/C11H11N3O5S/c15-4-9-19-8(5-20-9)13-2-1-7-12-6(10(16)17)3-14(7)11(13)18/h1-3,8-9,15H,4-5H2,(H,16,17)/t8-,9+/m0/s1. The Morgan fingerprint density at radius 2 is 2.40 bits per heavy atom. The van der Waals surface area contributed by atoms with Crippen LogP contribution in [0, 0.1) is 0 Å². The highest BCUT2D eigenvalue weighted by atomic mass is 32.2. The molecule has 1 aliphatic rings. The molecule has 0 bridgehead atoms. The summed E-state index contributed by atoms with van der Waals surface area (Å²) in [6.45, 7) is -0.119. The quantitative estimate of drug-likeness (QED) is 0.806. The van der Waals surface area contributed by atoms with Gasteiger partial charge in [0.25, 0.3) is 0 Å². The molecule has 0 aliphatic carbocycles. The van der Waals surface area contributed by atoms with Gasteiger partial charge in [-0.3, -0.25) is 8.97 Å². The van der Waals surface area contributed by atoms with Gasteiger partial charge in [0.15, 0.2) is 5.69 Å². The second-order valence-corrected chi connectivity index (χ2v) is 5.39. The van der Waals surface area contributed by atoms with Crippen molar-refractivity contribution in [2.75, 3.05) is 12.4 Å². The lowest BCUT2D eigenvalue weighted by molar-refractivity contribution is -0.00647. The summed E-state index contributed by atoms with van der Waals surface area (Å²) >= 11 is 1.42. The molecule has 3 rings (SSSR count). The minimum absolute atomic E-state index is 0.119. The van der Waals surface area contributed by atoms with Crippen LogP contribution in [0.25, 0.3) is 5.65 Å². The van der Waals surface area contributed by atoms with Crippen molar-refractivity contribution in [1.29, 1.82) is 0 Å². The van der Waals surface area contributed by atoms with Crippen molar-refractivity contribution < 1.29 is 19.7 Å². The third-order valence-corrected chi connectivity index (χ3v) is 4.07. The van der Waals surface area contributed by atoms with Crippen molar-refractivity contribution in [3.63, 3.8) is 0 Å². The highest BCUT2D eigenvalue weighted by Crippen LogP contribution is 2.30. The predicted octanol–water partition coefficient (Wildman–Crippen LogP) is -0.225. The summed E-state index contributed by atoms with van der Waals surface area (Å²) in [6.07, 6.45) is 2.22. The molecule has 0 saturated carbocycles. The average Bonchev–Trinajstić information content (AvgIpc) is 3.05. The van der Waals surface area contributed by atoms with Gasteiger partial charge >= 0.3 is 11.7 Å². The zero-order chi connectivity index (χ0) is 14.3. The molecular weight excluding hydrogens is 286 g/mol. The van der Waals surface area contributed by atoms with Gasteiger partial charge in [-0.25, -0.2) is 14.6 Å². The normalized spacial score (nSPS) is 22.4. The van der Waals surface area contributed by atoms with Gasteiger partial charge in [0.2, 0.25) is 0 Å². The molecule has 3 heterocycles. The van der Waals surface area contributed by atoms with Gasteiger partial charge in [0.05, 0.1) is 6.61 Å². The summed E-state index contributed by atoms with van der Waals surface area (Å²) in [6, 6.07) is 1.55. The monoisotopic (exact) mass is 297 g/mol. The summed E-state index contributed by atoms with van der Waals surface area (Å²) in [5, 5.41) is 17.9. The Bertz CT molecular complexity index is 724. The summed E-state index contributed by atoms with van der Waals surface area (Å²) in [7, 11) is 0. The van der Waals surface area contributed by atoms with E-state index in [1.165, 1.54) is 33.1 Å². The number of carboxylic acid groups (broad SMARTS) is 1. The molecule has 8 nitrogen and oxygen atoms in total. The van der Waals surface area contributed by atoms with Crippen molar-refractivity contribution in [1.82, 2.24) is 14.0 Å². The number of hydrogen-bond donors (Lipinski definition) is 2. The van der Waals surface area contributed by atoms with E-state index in [1.807, 2.05) is 0 Å². The Hall–Kier alpha value is -1.84. The molecule has 2 N–H and O–H groups in total. The summed E-state index contributed by atoms with van der Waals surface area (Å²) in [5.41, 5.74) is -0.686. The number of nitrogens with zero attached hydrogens (tertiary/aromatic N) is 3. The van der Waals surface area contributed by atoms with Gasteiger partial charge in [-0.15, -0.1) is 11.8 Å². The third kappa shape index (κ3) is 2.09. The largest absolute Gasteiger partial charge is 0.476 e. The molecule has 20 heavy (non-hydrogen) atoms. The zero-order valence-electron chi connectivity index (χ0n) is 10.2. The Labute approximate surface area is 116 Å². The summed E-state index contributed by atoms with van der Waals surface area (Å²) in [4.78, 5) is 27.0. The van der Waals surface area contributed by atoms with Crippen molar-refractivity contribution in [2.45, 2.75) is 11.7 Å². The lowest BCUT2D eigenvalue weighted by Crippen LogP contribution is -2.30. The lowest BCUT2D eigenvalue weighted by atomic mass is 10.5. The number of imidazole rings is 1. The Kier molecular flexibility index (Phi) is 3.24. The number of fused-ring (bicyclic) bond motifs is 1. The molecule has 1 aliphatic heterocycles. The molecule has 2 aromatic rings. The molecule has 9 heteroatoms. The van der Waals surface area contributed by atoms with Crippen LogP contribution in [0.2, 0.25) is 0 Å². The van der Waals surface area contributed by atoms with E-state index in [9.17, 15) is 9.59 Å². The molecule has 2 atom stereocenters. The maximum atomic E-state index is 12.3. The number of carbonyl (C=O) groups is 1. The molecule has 2 aromatic heterocycles. The fourth-order valence-electron chi connectivity index (χ4n) is 2.01. The van der Waals surface area contributed by atoms with Crippen molar-refractivity contribution in [2.24, 2.45) is 0 Å². The highest BCUT2D eigenvalue weighted by Gasteiger charge is 2.27. The molecule has 0 unspecified atom stereocenters. The molecule has 106 valence electrons. The Balaban J connectivity index is 2.03. The van der Waals surface area contributed by atoms with E-state index < -0.39 is 17.9 Å². The van der Waals surface area contributed by atoms with Gasteiger partial charge < -0.3 is 14.9 Å². The van der Waals surface area contributed by atoms with Crippen molar-refractivity contribution >= 4 is 23.4 Å². The maximum absolute atomic E-state index is 12.3. The zero-order valence-corrected chi connectivity index (χ0v) is 11.0. The minimum Gasteiger partial charge on any atom is -0.476 e. The van der Waals surface area contributed by atoms with Crippen LogP contribution >= 0.6 is 11.8 Å². The molecule has 0 spiro atoms. The second-order valence-electron chi connectivity index (χ2n) is 4.20. The van der Waals surface area contributed by atoms with E-state index in [-0.39, 0.29) is 23.4 Å². The summed E-state index contributed by atoms with van der Waals surface area (Å²) < 4.78 is 8.04. The minimum atomic E-state index is -1.19. The van der Waals surface area contributed by atoms with Crippen LogP contribution in [0.15, 0.2) is 23.3 Å². The van der Waals surface area contributed by atoms with E-state index in [0.717, 1.165) is 0 Å². The second kappa shape index (κ2) is 4.93. The first kappa shape index (κ1) is 13.2. The first-order chi connectivity index (χ1) is 9.60. The first-order valence-corrected chi connectivity index (χ1v) is 6.86. The highest BCUT2D eigenvalue weighted by molar-refractivity contribution is 8.00. The number of ether oxygens (including phenoxy) is 1. The van der Waals surface area contributed by atoms with Crippen LogP contribution < -0.4 is 5.69 Å².